The molecule has 3 aromatic rings. The van der Waals surface area contributed by atoms with Gasteiger partial charge in [-0.1, -0.05) is 30.1 Å². The molecule has 47 heavy (non-hydrogen) atoms. The van der Waals surface area contributed by atoms with E-state index in [0.717, 1.165) is 29.8 Å². The summed E-state index contributed by atoms with van der Waals surface area (Å²) in [5.41, 5.74) is -2.43. The van der Waals surface area contributed by atoms with Crippen LogP contribution in [0.1, 0.15) is 70.1 Å². The van der Waals surface area contributed by atoms with Gasteiger partial charge in [-0.2, -0.15) is 13.2 Å². The number of hydrogen-bond acceptors (Lipinski definition) is 8. The molecular formula is C32H39Cl2F3N4O5S. The van der Waals surface area contributed by atoms with Gasteiger partial charge >= 0.3 is 12.1 Å². The monoisotopic (exact) mass is 718 g/mol. The summed E-state index contributed by atoms with van der Waals surface area (Å²) in [5.74, 6) is -0.476. The van der Waals surface area contributed by atoms with Crippen LogP contribution in [0.5, 0.6) is 0 Å². The van der Waals surface area contributed by atoms with Crippen molar-refractivity contribution in [1.29, 1.82) is 0 Å². The third-order valence-electron chi connectivity index (χ3n) is 7.84. The lowest BCUT2D eigenvalue weighted by Gasteiger charge is -2.34. The summed E-state index contributed by atoms with van der Waals surface area (Å²) in [6, 6.07) is 4.94. The fourth-order valence-corrected chi connectivity index (χ4v) is 7.27. The number of likely N-dealkylation sites (tertiary alicyclic amines) is 1. The maximum atomic E-state index is 14.5. The van der Waals surface area contributed by atoms with Gasteiger partial charge in [-0.25, -0.2) is 13.4 Å². The predicted octanol–water partition coefficient (Wildman–Crippen LogP) is 6.24. The molecule has 0 saturated carbocycles. The number of rotatable bonds is 11. The second kappa shape index (κ2) is 14.8. The minimum Gasteiger partial charge on any atom is -0.460 e. The summed E-state index contributed by atoms with van der Waals surface area (Å²) >= 11 is 12.7. The second-order valence-corrected chi connectivity index (χ2v) is 15.7. The molecule has 2 heterocycles. The number of piperidine rings is 1. The van der Waals surface area contributed by atoms with Crippen molar-refractivity contribution in [2.45, 2.75) is 89.2 Å². The third-order valence-corrected chi connectivity index (χ3v) is 10.3. The van der Waals surface area contributed by atoms with Crippen LogP contribution in [0.2, 0.25) is 10.0 Å². The largest absolute Gasteiger partial charge is 0.460 e. The van der Waals surface area contributed by atoms with E-state index in [4.69, 9.17) is 27.9 Å². The summed E-state index contributed by atoms with van der Waals surface area (Å²) in [7, 11) is -3.69. The zero-order chi connectivity index (χ0) is 34.7. The number of hydrogen-bond donors (Lipinski definition) is 1. The van der Waals surface area contributed by atoms with Crippen LogP contribution in [-0.2, 0) is 38.6 Å². The van der Waals surface area contributed by atoms with Crippen molar-refractivity contribution < 1.29 is 31.1 Å². The van der Waals surface area contributed by atoms with Gasteiger partial charge in [0.2, 0.25) is 0 Å². The number of carbonyl (C=O) groups excluding carboxylic acids is 1. The normalized spacial score (nSPS) is 16.5. The fraction of sp³-hybridized carbons (Fsp3) is 0.531. The molecule has 4 rings (SSSR count). The van der Waals surface area contributed by atoms with Gasteiger partial charge in [-0.3, -0.25) is 19.1 Å². The highest BCUT2D eigenvalue weighted by Crippen LogP contribution is 2.39. The number of esters is 1. The van der Waals surface area contributed by atoms with Crippen LogP contribution >= 0.6 is 23.2 Å². The van der Waals surface area contributed by atoms with Gasteiger partial charge in [0.1, 0.15) is 5.60 Å². The standard InChI is InChI=1S/C32H39Cl2F3N4O5S/c1-5-47(44,45)26-11-10-21(33)14-20(26)16-41-19-39-29-23(30(41)43)15-25(32(35,36)37)24(28(29)34)18-40-13-7-8-22(17-40)38-12-6-9-27(42)46-31(2,3)4/h10-11,14-15,19,22,38H,5-9,12-13,16-18H2,1-4H3/t22-/m0/s1. The van der Waals surface area contributed by atoms with Gasteiger partial charge in [-0.15, -0.1) is 0 Å². The van der Waals surface area contributed by atoms with E-state index in [1.807, 2.05) is 4.90 Å². The summed E-state index contributed by atoms with van der Waals surface area (Å²) < 4.78 is 75.1. The predicted molar refractivity (Wildman–Crippen MR) is 176 cm³/mol. The molecule has 1 N–H and O–H groups in total. The first kappa shape index (κ1) is 37.1. The molecule has 9 nitrogen and oxygen atoms in total. The van der Waals surface area contributed by atoms with Crippen LogP contribution < -0.4 is 10.9 Å². The van der Waals surface area contributed by atoms with Gasteiger partial charge in [0, 0.05) is 30.6 Å². The van der Waals surface area contributed by atoms with Crippen molar-refractivity contribution in [3.05, 3.63) is 67.7 Å². The topological polar surface area (TPSA) is 111 Å². The minimum atomic E-state index is -4.81. The van der Waals surface area contributed by atoms with Crippen molar-refractivity contribution >= 4 is 49.9 Å². The second-order valence-electron chi connectivity index (χ2n) is 12.7. The number of halogens is 5. The third kappa shape index (κ3) is 9.47. The maximum Gasteiger partial charge on any atom is 0.416 e. The highest BCUT2D eigenvalue weighted by atomic mass is 35.5. The van der Waals surface area contributed by atoms with E-state index < -0.39 is 32.7 Å². The minimum absolute atomic E-state index is 0.00851. The molecule has 15 heteroatoms. The van der Waals surface area contributed by atoms with Crippen molar-refractivity contribution in [3.8, 4) is 0 Å². The van der Waals surface area contributed by atoms with Crippen LogP contribution in [0.25, 0.3) is 10.9 Å². The quantitative estimate of drug-likeness (QED) is 0.183. The number of sulfone groups is 1. The lowest BCUT2D eigenvalue weighted by atomic mass is 10.00. The lowest BCUT2D eigenvalue weighted by molar-refractivity contribution is -0.154. The Hall–Kier alpha value is -2.71. The van der Waals surface area contributed by atoms with Crippen molar-refractivity contribution in [2.24, 2.45) is 0 Å². The number of nitrogens with zero attached hydrogens (tertiary/aromatic N) is 3. The number of carbonyl (C=O) groups is 1. The molecule has 258 valence electrons. The van der Waals surface area contributed by atoms with Gasteiger partial charge in [0.15, 0.2) is 9.84 Å². The molecule has 1 aliphatic heterocycles. The summed E-state index contributed by atoms with van der Waals surface area (Å²) in [4.78, 5) is 31.6. The van der Waals surface area contributed by atoms with E-state index in [0.29, 0.717) is 26.1 Å². The van der Waals surface area contributed by atoms with Crippen LogP contribution in [0.15, 0.2) is 40.3 Å². The molecule has 0 aliphatic carbocycles. The van der Waals surface area contributed by atoms with Gasteiger partial charge in [0.25, 0.3) is 5.56 Å². The average molecular weight is 720 g/mol. The van der Waals surface area contributed by atoms with Crippen molar-refractivity contribution in [1.82, 2.24) is 19.8 Å². The zero-order valence-electron chi connectivity index (χ0n) is 26.7. The van der Waals surface area contributed by atoms with Crippen molar-refractivity contribution in [2.75, 3.05) is 25.4 Å². The SMILES string of the molecule is CCS(=O)(=O)c1ccc(Cl)cc1Cn1cnc2c(Cl)c(CN3CCC[C@H](NCCCC(=O)OC(C)(C)C)C3)c(C(F)(F)F)cc2c1=O. The zero-order valence-corrected chi connectivity index (χ0v) is 29.0. The van der Waals surface area contributed by atoms with Crippen LogP contribution in [-0.4, -0.2) is 65.9 Å². The molecule has 1 saturated heterocycles. The van der Waals surface area contributed by atoms with Gasteiger partial charge in [0.05, 0.1) is 45.0 Å². The van der Waals surface area contributed by atoms with Crippen LogP contribution in [0, 0.1) is 0 Å². The highest BCUT2D eigenvalue weighted by Gasteiger charge is 2.37. The van der Waals surface area contributed by atoms with E-state index in [1.54, 1.807) is 20.8 Å². The Morgan fingerprint density at radius 3 is 2.53 bits per heavy atom. The Kier molecular flexibility index (Phi) is 11.7. The first-order valence-corrected chi connectivity index (χ1v) is 17.8. The maximum absolute atomic E-state index is 14.5. The molecule has 1 aromatic heterocycles. The number of alkyl halides is 3. The molecule has 0 unspecified atom stereocenters. The molecule has 0 radical (unpaired) electrons. The number of nitrogens with one attached hydrogen (secondary N) is 1. The molecule has 1 fully saturated rings. The van der Waals surface area contributed by atoms with Crippen LogP contribution in [0.3, 0.4) is 0 Å². The summed E-state index contributed by atoms with van der Waals surface area (Å²) in [6.45, 7) is 8.08. The molecule has 0 bridgehead atoms. The van der Waals surface area contributed by atoms with Gasteiger partial charge in [-0.05, 0) is 88.5 Å². The Balaban J connectivity index is 1.57. The molecular weight excluding hydrogens is 680 g/mol. The fourth-order valence-electron chi connectivity index (χ4n) is 5.66. The molecule has 1 aliphatic rings. The molecule has 0 spiro atoms. The van der Waals surface area contributed by atoms with E-state index in [1.165, 1.54) is 25.1 Å². The van der Waals surface area contributed by atoms with E-state index in [2.05, 4.69) is 10.3 Å². The Labute approximate surface area is 282 Å². The van der Waals surface area contributed by atoms with E-state index >= 15 is 0 Å². The smallest absolute Gasteiger partial charge is 0.416 e. The first-order chi connectivity index (χ1) is 21.9. The molecule has 2 aromatic carbocycles. The highest BCUT2D eigenvalue weighted by molar-refractivity contribution is 7.91. The first-order valence-electron chi connectivity index (χ1n) is 15.4. The van der Waals surface area contributed by atoms with E-state index in [-0.39, 0.29) is 74.2 Å². The van der Waals surface area contributed by atoms with Crippen LogP contribution in [0.4, 0.5) is 13.2 Å². The molecule has 1 atom stereocenters. The number of aromatic nitrogens is 2. The number of ether oxygens (including phenoxy) is 1. The van der Waals surface area contributed by atoms with Gasteiger partial charge < -0.3 is 10.1 Å². The summed E-state index contributed by atoms with van der Waals surface area (Å²) in [5, 5.41) is 3.03. The average Bonchev–Trinajstić information content (AvgIpc) is 2.97. The Morgan fingerprint density at radius 2 is 1.87 bits per heavy atom. The number of fused-ring (bicyclic) bond motifs is 1. The van der Waals surface area contributed by atoms with Crippen molar-refractivity contribution in [3.63, 3.8) is 0 Å². The Morgan fingerprint density at radius 1 is 1.15 bits per heavy atom. The molecule has 0 amide bonds. The summed E-state index contributed by atoms with van der Waals surface area (Å²) in [6.07, 6.45) is -1.26. The Bertz CT molecular complexity index is 1790. The lowest BCUT2D eigenvalue weighted by Crippen LogP contribution is -2.45. The number of benzene rings is 2. The van der Waals surface area contributed by atoms with E-state index in [9.17, 15) is 31.2 Å².